The zero-order valence-electron chi connectivity index (χ0n) is 20.6. The van der Waals surface area contributed by atoms with Crippen molar-refractivity contribution in [1.82, 2.24) is 0 Å². The predicted molar refractivity (Wildman–Crippen MR) is 146 cm³/mol. The van der Waals surface area contributed by atoms with E-state index in [0.717, 1.165) is 11.3 Å². The Kier molecular flexibility index (Phi) is 5.79. The lowest BCUT2D eigenvalue weighted by atomic mass is 9.86. The lowest BCUT2D eigenvalue weighted by Crippen LogP contribution is -2.48. The summed E-state index contributed by atoms with van der Waals surface area (Å²) in [5.41, 5.74) is 3.04. The first-order chi connectivity index (χ1) is 18.3. The average molecular weight is 571 g/mol. The van der Waals surface area contributed by atoms with Crippen LogP contribution in [0.15, 0.2) is 77.3 Å². The molecule has 2 amide bonds. The van der Waals surface area contributed by atoms with Crippen LogP contribution in [0.5, 0.6) is 5.75 Å². The topological polar surface area (TPSA) is 84.0 Å². The Labute approximate surface area is 227 Å². The molecule has 0 bridgehead atoms. The molecule has 3 aliphatic heterocycles. The fourth-order valence-corrected chi connectivity index (χ4v) is 6.44. The molecule has 6 rings (SSSR count). The Hall–Kier alpha value is -4.04. The minimum atomic E-state index is -0.880. The standard InChI is InChI=1S/C30H23BrN2O5/c1-16(34)17-7-11-20(12-8-17)32-29(36)25-23-13-9-18-5-3-4-6-22(18)33(23)27(26(25)30(32)37)28(35)19-10-14-24(38-2)21(31)15-19/h3-15,23,25-27H,1-2H3/t23-,25-,26+,27-/m0/s1. The molecular weight excluding hydrogens is 548 g/mol. The van der Waals surface area contributed by atoms with Gasteiger partial charge in [0.05, 0.1) is 35.1 Å². The number of ether oxygens (including phenoxy) is 1. The predicted octanol–water partition coefficient (Wildman–Crippen LogP) is 4.93. The molecule has 7 nitrogen and oxygen atoms in total. The molecule has 3 heterocycles. The number of amides is 2. The van der Waals surface area contributed by atoms with Crippen molar-refractivity contribution in [2.45, 2.75) is 19.0 Å². The third-order valence-corrected chi connectivity index (χ3v) is 8.27. The van der Waals surface area contributed by atoms with E-state index in [4.69, 9.17) is 4.74 Å². The van der Waals surface area contributed by atoms with E-state index in [1.807, 2.05) is 41.3 Å². The van der Waals surface area contributed by atoms with Gasteiger partial charge in [-0.3, -0.25) is 19.2 Å². The highest BCUT2D eigenvalue weighted by atomic mass is 79.9. The number of para-hydroxylation sites is 1. The molecule has 0 unspecified atom stereocenters. The second kappa shape index (κ2) is 9.06. The van der Waals surface area contributed by atoms with Crippen molar-refractivity contribution < 1.29 is 23.9 Å². The van der Waals surface area contributed by atoms with Crippen molar-refractivity contribution in [3.8, 4) is 5.75 Å². The lowest BCUT2D eigenvalue weighted by molar-refractivity contribution is -0.122. The molecule has 2 saturated heterocycles. The zero-order valence-corrected chi connectivity index (χ0v) is 22.2. The third-order valence-electron chi connectivity index (χ3n) is 7.65. The number of halogens is 1. The lowest BCUT2D eigenvalue weighted by Gasteiger charge is -2.36. The number of anilines is 2. The van der Waals surface area contributed by atoms with Gasteiger partial charge in [-0.15, -0.1) is 0 Å². The smallest absolute Gasteiger partial charge is 0.240 e. The van der Waals surface area contributed by atoms with Crippen LogP contribution >= 0.6 is 15.9 Å². The summed E-state index contributed by atoms with van der Waals surface area (Å²) in [6, 6.07) is 17.8. The molecule has 4 atom stereocenters. The number of carbonyl (C=O) groups excluding carboxylic acids is 4. The summed E-state index contributed by atoms with van der Waals surface area (Å²) in [4.78, 5) is 56.9. The van der Waals surface area contributed by atoms with Gasteiger partial charge < -0.3 is 9.64 Å². The first-order valence-corrected chi connectivity index (χ1v) is 13.0. The first kappa shape index (κ1) is 24.3. The summed E-state index contributed by atoms with van der Waals surface area (Å²) in [6.07, 6.45) is 3.87. The second-order valence-corrected chi connectivity index (χ2v) is 10.5. The minimum Gasteiger partial charge on any atom is -0.496 e. The molecule has 190 valence electrons. The van der Waals surface area contributed by atoms with Crippen LogP contribution in [0.2, 0.25) is 0 Å². The molecular formula is C30H23BrN2O5. The maximum absolute atomic E-state index is 14.2. The van der Waals surface area contributed by atoms with E-state index >= 15 is 0 Å². The number of hydrogen-bond acceptors (Lipinski definition) is 6. The number of rotatable bonds is 5. The summed E-state index contributed by atoms with van der Waals surface area (Å²) < 4.78 is 5.94. The van der Waals surface area contributed by atoms with Gasteiger partial charge in [0.25, 0.3) is 0 Å². The SMILES string of the molecule is COc1ccc(C(=O)[C@@H]2[C@@H]3C(=O)N(c4ccc(C(C)=O)cc4)C(=O)[C@H]3[C@@H]3C=Cc4ccccc4N23)cc1Br. The number of benzene rings is 3. The van der Waals surface area contributed by atoms with Gasteiger partial charge in [0.1, 0.15) is 11.8 Å². The number of hydrogen-bond donors (Lipinski definition) is 0. The van der Waals surface area contributed by atoms with E-state index < -0.39 is 29.8 Å². The van der Waals surface area contributed by atoms with Gasteiger partial charge in [-0.2, -0.15) is 0 Å². The molecule has 8 heteroatoms. The fourth-order valence-electron chi connectivity index (χ4n) is 5.90. The van der Waals surface area contributed by atoms with E-state index in [9.17, 15) is 19.2 Å². The Morgan fingerprint density at radius 2 is 1.58 bits per heavy atom. The average Bonchev–Trinajstić information content (AvgIpc) is 3.40. The Morgan fingerprint density at radius 1 is 0.895 bits per heavy atom. The van der Waals surface area contributed by atoms with Crippen molar-refractivity contribution in [3.63, 3.8) is 0 Å². The fraction of sp³-hybridized carbons (Fsp3) is 0.200. The molecule has 3 aromatic carbocycles. The van der Waals surface area contributed by atoms with Crippen LogP contribution in [0.1, 0.15) is 33.2 Å². The van der Waals surface area contributed by atoms with Gasteiger partial charge in [0.15, 0.2) is 11.6 Å². The molecule has 3 aliphatic rings. The van der Waals surface area contributed by atoms with Crippen molar-refractivity contribution in [3.05, 3.63) is 94.0 Å². The summed E-state index contributed by atoms with van der Waals surface area (Å²) in [6.45, 7) is 1.46. The Balaban J connectivity index is 1.46. The van der Waals surface area contributed by atoms with Gasteiger partial charge >= 0.3 is 0 Å². The maximum atomic E-state index is 14.2. The minimum absolute atomic E-state index is 0.106. The number of ketones is 2. The summed E-state index contributed by atoms with van der Waals surface area (Å²) in [7, 11) is 1.55. The normalized spacial score (nSPS) is 23.2. The van der Waals surface area contributed by atoms with Crippen LogP contribution in [-0.2, 0) is 9.59 Å². The maximum Gasteiger partial charge on any atom is 0.240 e. The number of methoxy groups -OCH3 is 1. The second-order valence-electron chi connectivity index (χ2n) is 9.64. The zero-order chi connectivity index (χ0) is 26.7. The van der Waals surface area contributed by atoms with E-state index in [-0.39, 0.29) is 17.5 Å². The van der Waals surface area contributed by atoms with E-state index in [2.05, 4.69) is 15.9 Å². The molecule has 38 heavy (non-hydrogen) atoms. The van der Waals surface area contributed by atoms with E-state index in [1.54, 1.807) is 49.6 Å². The van der Waals surface area contributed by atoms with Crippen molar-refractivity contribution in [2.24, 2.45) is 11.8 Å². The molecule has 0 radical (unpaired) electrons. The number of nitrogens with zero attached hydrogens (tertiary/aromatic N) is 2. The quantitative estimate of drug-likeness (QED) is 0.319. The number of carbonyl (C=O) groups is 4. The summed E-state index contributed by atoms with van der Waals surface area (Å²) in [5.74, 6) is -2.12. The van der Waals surface area contributed by atoms with Gasteiger partial charge in [0, 0.05) is 16.8 Å². The van der Waals surface area contributed by atoms with Crippen molar-refractivity contribution in [2.75, 3.05) is 16.9 Å². The molecule has 0 N–H and O–H groups in total. The van der Waals surface area contributed by atoms with Crippen molar-refractivity contribution >= 4 is 56.8 Å². The highest BCUT2D eigenvalue weighted by Crippen LogP contribution is 2.50. The molecule has 0 aliphatic carbocycles. The van der Waals surface area contributed by atoms with E-state index in [1.165, 1.54) is 11.8 Å². The highest BCUT2D eigenvalue weighted by Gasteiger charge is 2.64. The molecule has 0 aromatic heterocycles. The molecule has 0 saturated carbocycles. The highest BCUT2D eigenvalue weighted by molar-refractivity contribution is 9.10. The van der Waals surface area contributed by atoms with Crippen LogP contribution in [0, 0.1) is 11.8 Å². The first-order valence-electron chi connectivity index (χ1n) is 12.2. The summed E-state index contributed by atoms with van der Waals surface area (Å²) in [5, 5.41) is 0. The number of Topliss-reactive ketones (excluding diaryl/α,β-unsaturated/α-hetero) is 2. The monoisotopic (exact) mass is 570 g/mol. The van der Waals surface area contributed by atoms with Crippen molar-refractivity contribution in [1.29, 1.82) is 0 Å². The van der Waals surface area contributed by atoms with Crippen LogP contribution in [0.4, 0.5) is 11.4 Å². The van der Waals surface area contributed by atoms with Crippen LogP contribution < -0.4 is 14.5 Å². The van der Waals surface area contributed by atoms with Gasteiger partial charge in [-0.1, -0.05) is 30.4 Å². The Bertz CT molecular complexity index is 1550. The largest absolute Gasteiger partial charge is 0.496 e. The van der Waals surface area contributed by atoms with Crippen LogP contribution in [0.25, 0.3) is 6.08 Å². The molecule has 3 aromatic rings. The Morgan fingerprint density at radius 3 is 2.26 bits per heavy atom. The van der Waals surface area contributed by atoms with Gasteiger partial charge in [-0.25, -0.2) is 4.90 Å². The number of imide groups is 1. The molecule has 2 fully saturated rings. The van der Waals surface area contributed by atoms with Gasteiger partial charge in [0.2, 0.25) is 11.8 Å². The number of fused-ring (bicyclic) bond motifs is 5. The van der Waals surface area contributed by atoms with Gasteiger partial charge in [-0.05, 0) is 76.9 Å². The summed E-state index contributed by atoms with van der Waals surface area (Å²) >= 11 is 3.46. The van der Waals surface area contributed by atoms with Crippen LogP contribution in [-0.4, -0.2) is 42.6 Å². The molecule has 0 spiro atoms. The van der Waals surface area contributed by atoms with E-state index in [0.29, 0.717) is 27.0 Å². The third kappa shape index (κ3) is 3.55. The van der Waals surface area contributed by atoms with Crippen LogP contribution in [0.3, 0.4) is 0 Å².